The van der Waals surface area contributed by atoms with Crippen LogP contribution in [-0.4, -0.2) is 5.11 Å². The molecule has 0 heterocycles. The Balaban J connectivity index is 2.58. The summed E-state index contributed by atoms with van der Waals surface area (Å²) in [5.74, 6) is 0. The zero-order valence-corrected chi connectivity index (χ0v) is 12.5. The molecule has 0 fully saturated rings. The third-order valence-electron chi connectivity index (χ3n) is 2.80. The van der Waals surface area contributed by atoms with Gasteiger partial charge in [-0.2, -0.15) is 0 Å². The van der Waals surface area contributed by atoms with Crippen LogP contribution in [0.1, 0.15) is 18.1 Å². The van der Waals surface area contributed by atoms with Crippen molar-refractivity contribution in [2.75, 3.05) is 0 Å². The number of rotatable bonds is 2. The Morgan fingerprint density at radius 1 is 0.824 bits per heavy atom. The summed E-state index contributed by atoms with van der Waals surface area (Å²) in [7, 11) is 0. The zero-order valence-electron chi connectivity index (χ0n) is 9.32. The summed E-state index contributed by atoms with van der Waals surface area (Å²) < 4.78 is 1.81. The minimum Gasteiger partial charge on any atom is -0.381 e. The molecule has 0 aliphatic rings. The molecule has 0 spiro atoms. The van der Waals surface area contributed by atoms with E-state index < -0.39 is 5.60 Å². The molecule has 0 bridgehead atoms. The summed E-state index contributed by atoms with van der Waals surface area (Å²) in [5, 5.41) is 10.8. The summed E-state index contributed by atoms with van der Waals surface area (Å²) >= 11 is 6.96. The van der Waals surface area contributed by atoms with E-state index >= 15 is 0 Å². The molecule has 0 atom stereocenters. The highest BCUT2D eigenvalue weighted by Crippen LogP contribution is 2.37. The average Bonchev–Trinajstić information content (AvgIpc) is 2.29. The fourth-order valence-electron chi connectivity index (χ4n) is 1.86. The fourth-order valence-corrected chi connectivity index (χ4v) is 3.20. The Kier molecular flexibility index (Phi) is 3.71. The van der Waals surface area contributed by atoms with Gasteiger partial charge in [0.1, 0.15) is 5.60 Å². The van der Waals surface area contributed by atoms with E-state index in [2.05, 4.69) is 31.9 Å². The van der Waals surface area contributed by atoms with Gasteiger partial charge in [-0.05, 0) is 19.1 Å². The van der Waals surface area contributed by atoms with Crippen molar-refractivity contribution in [2.45, 2.75) is 12.5 Å². The summed E-state index contributed by atoms with van der Waals surface area (Å²) in [6, 6.07) is 15.4. The van der Waals surface area contributed by atoms with Crippen LogP contribution in [0.15, 0.2) is 57.5 Å². The molecule has 0 radical (unpaired) electrons. The molecule has 88 valence electrons. The highest BCUT2D eigenvalue weighted by Gasteiger charge is 2.29. The number of halogens is 2. The van der Waals surface area contributed by atoms with E-state index in [0.717, 1.165) is 20.1 Å². The molecule has 2 aromatic carbocycles. The molecule has 0 amide bonds. The lowest BCUT2D eigenvalue weighted by Crippen LogP contribution is -2.23. The molecule has 1 nitrogen and oxygen atoms in total. The van der Waals surface area contributed by atoms with E-state index in [-0.39, 0.29) is 0 Å². The second-order valence-corrected chi connectivity index (χ2v) is 5.74. The van der Waals surface area contributed by atoms with E-state index in [1.54, 1.807) is 6.92 Å². The van der Waals surface area contributed by atoms with Crippen LogP contribution in [0.2, 0.25) is 0 Å². The van der Waals surface area contributed by atoms with Crippen LogP contribution in [0.25, 0.3) is 0 Å². The van der Waals surface area contributed by atoms with Gasteiger partial charge in [0.05, 0.1) is 0 Å². The maximum absolute atomic E-state index is 10.8. The predicted octanol–water partition coefficient (Wildman–Crippen LogP) is 4.47. The third-order valence-corrected chi connectivity index (χ3v) is 4.18. The predicted molar refractivity (Wildman–Crippen MR) is 77.0 cm³/mol. The maximum atomic E-state index is 10.8. The Labute approximate surface area is 118 Å². The third kappa shape index (κ3) is 2.46. The maximum Gasteiger partial charge on any atom is 0.114 e. The SMILES string of the molecule is CC(O)(c1ccccc1Br)c1ccccc1Br. The Morgan fingerprint density at radius 3 is 1.53 bits per heavy atom. The lowest BCUT2D eigenvalue weighted by atomic mass is 9.88. The van der Waals surface area contributed by atoms with Crippen LogP contribution >= 0.6 is 31.9 Å². The Hall–Kier alpha value is -0.640. The highest BCUT2D eigenvalue weighted by atomic mass is 79.9. The number of benzene rings is 2. The first kappa shape index (κ1) is 12.8. The molecule has 0 saturated heterocycles. The molecular formula is C14H12Br2O. The first-order valence-electron chi connectivity index (χ1n) is 5.26. The van der Waals surface area contributed by atoms with Gasteiger partial charge in [0, 0.05) is 20.1 Å². The van der Waals surface area contributed by atoms with Crippen LogP contribution in [0, 0.1) is 0 Å². The van der Waals surface area contributed by atoms with Crippen molar-refractivity contribution in [1.82, 2.24) is 0 Å². The van der Waals surface area contributed by atoms with Crippen molar-refractivity contribution >= 4 is 31.9 Å². The van der Waals surface area contributed by atoms with E-state index in [1.165, 1.54) is 0 Å². The summed E-state index contributed by atoms with van der Waals surface area (Å²) in [6.45, 7) is 1.80. The van der Waals surface area contributed by atoms with E-state index in [0.29, 0.717) is 0 Å². The van der Waals surface area contributed by atoms with Gasteiger partial charge in [0.2, 0.25) is 0 Å². The molecule has 17 heavy (non-hydrogen) atoms. The van der Waals surface area contributed by atoms with Gasteiger partial charge in [0.15, 0.2) is 0 Å². The molecule has 0 aromatic heterocycles. The molecule has 2 rings (SSSR count). The Bertz CT molecular complexity index is 488. The van der Waals surface area contributed by atoms with Crippen LogP contribution in [0.4, 0.5) is 0 Å². The van der Waals surface area contributed by atoms with E-state index in [9.17, 15) is 5.11 Å². The fraction of sp³-hybridized carbons (Fsp3) is 0.143. The smallest absolute Gasteiger partial charge is 0.114 e. The van der Waals surface area contributed by atoms with Gasteiger partial charge in [-0.1, -0.05) is 68.3 Å². The standard InChI is InChI=1S/C14H12Br2O/c1-14(17,10-6-2-4-8-12(10)15)11-7-3-5-9-13(11)16/h2-9,17H,1H3. The molecule has 1 N–H and O–H groups in total. The Morgan fingerprint density at radius 2 is 1.18 bits per heavy atom. The minimum atomic E-state index is -1.03. The van der Waals surface area contributed by atoms with Crippen LogP contribution in [-0.2, 0) is 5.60 Å². The van der Waals surface area contributed by atoms with Crippen molar-refractivity contribution in [3.05, 3.63) is 68.6 Å². The minimum absolute atomic E-state index is 0.854. The largest absolute Gasteiger partial charge is 0.381 e. The van der Waals surface area contributed by atoms with Crippen molar-refractivity contribution in [1.29, 1.82) is 0 Å². The number of hydrogen-bond acceptors (Lipinski definition) is 1. The summed E-state index contributed by atoms with van der Waals surface area (Å²) in [5.41, 5.74) is 0.680. The van der Waals surface area contributed by atoms with Gasteiger partial charge in [-0.3, -0.25) is 0 Å². The normalized spacial score (nSPS) is 11.5. The summed E-state index contributed by atoms with van der Waals surface area (Å²) in [4.78, 5) is 0. The van der Waals surface area contributed by atoms with Gasteiger partial charge < -0.3 is 5.11 Å². The molecule has 0 aliphatic carbocycles. The zero-order chi connectivity index (χ0) is 12.5. The lowest BCUT2D eigenvalue weighted by molar-refractivity contribution is 0.101. The van der Waals surface area contributed by atoms with Gasteiger partial charge in [0.25, 0.3) is 0 Å². The number of hydrogen-bond donors (Lipinski definition) is 1. The topological polar surface area (TPSA) is 20.2 Å². The van der Waals surface area contributed by atoms with Crippen molar-refractivity contribution in [3.63, 3.8) is 0 Å². The monoisotopic (exact) mass is 354 g/mol. The molecule has 0 aliphatic heterocycles. The van der Waals surface area contributed by atoms with Crippen LogP contribution in [0.3, 0.4) is 0 Å². The van der Waals surface area contributed by atoms with E-state index in [1.807, 2.05) is 48.5 Å². The average molecular weight is 356 g/mol. The molecule has 0 saturated carbocycles. The lowest BCUT2D eigenvalue weighted by Gasteiger charge is -2.26. The van der Waals surface area contributed by atoms with Crippen molar-refractivity contribution < 1.29 is 5.11 Å². The molecule has 2 aromatic rings. The van der Waals surface area contributed by atoms with Gasteiger partial charge in [-0.15, -0.1) is 0 Å². The summed E-state index contributed by atoms with van der Waals surface area (Å²) in [6.07, 6.45) is 0. The van der Waals surface area contributed by atoms with Crippen LogP contribution in [0.5, 0.6) is 0 Å². The van der Waals surface area contributed by atoms with Crippen LogP contribution < -0.4 is 0 Å². The van der Waals surface area contributed by atoms with Crippen molar-refractivity contribution in [3.8, 4) is 0 Å². The second kappa shape index (κ2) is 4.92. The first-order valence-corrected chi connectivity index (χ1v) is 6.84. The molecular weight excluding hydrogens is 344 g/mol. The van der Waals surface area contributed by atoms with Gasteiger partial charge in [-0.25, -0.2) is 0 Å². The quantitative estimate of drug-likeness (QED) is 0.842. The first-order chi connectivity index (χ1) is 8.03. The molecule has 0 unspecified atom stereocenters. The second-order valence-electron chi connectivity index (χ2n) is 4.03. The molecule has 3 heteroatoms. The van der Waals surface area contributed by atoms with E-state index in [4.69, 9.17) is 0 Å². The number of aliphatic hydroxyl groups is 1. The van der Waals surface area contributed by atoms with Gasteiger partial charge >= 0.3 is 0 Å². The highest BCUT2D eigenvalue weighted by molar-refractivity contribution is 9.10. The van der Waals surface area contributed by atoms with Crippen molar-refractivity contribution in [2.24, 2.45) is 0 Å².